The summed E-state index contributed by atoms with van der Waals surface area (Å²) < 4.78 is 7.19. The highest BCUT2D eigenvalue weighted by Gasteiger charge is 2.09. The third kappa shape index (κ3) is 5.94. The number of unbranched alkanes of at least 4 members (excludes halogenated alkanes) is 1. The summed E-state index contributed by atoms with van der Waals surface area (Å²) in [5.41, 5.74) is 0. The van der Waals surface area contributed by atoms with Gasteiger partial charge in [0.1, 0.15) is 5.75 Å². The number of hydrogen-bond donors (Lipinski definition) is 1. The molecule has 1 aromatic carbocycles. The van der Waals surface area contributed by atoms with Gasteiger partial charge in [0.05, 0.1) is 0 Å². The van der Waals surface area contributed by atoms with Crippen LogP contribution in [0, 0.1) is 0 Å². The molecule has 2 rings (SSSR count). The molecule has 22 heavy (non-hydrogen) atoms. The third-order valence-electron chi connectivity index (χ3n) is 2.54. The van der Waals surface area contributed by atoms with Crippen LogP contribution in [0.15, 0.2) is 33.1 Å². The maximum absolute atomic E-state index is 11.8. The number of benzene rings is 1. The molecule has 0 aliphatic heterocycles. The Kier molecular flexibility index (Phi) is 7.14. The van der Waals surface area contributed by atoms with Gasteiger partial charge in [0.15, 0.2) is 10.9 Å². The second kappa shape index (κ2) is 9.12. The van der Waals surface area contributed by atoms with Crippen LogP contribution in [0.2, 0.25) is 0 Å². The first-order valence-electron chi connectivity index (χ1n) is 6.82. The van der Waals surface area contributed by atoms with Crippen molar-refractivity contribution in [2.24, 2.45) is 0 Å². The summed E-state index contributed by atoms with van der Waals surface area (Å²) >= 11 is 6.40. The number of carbonyl (C=O) groups is 1. The lowest BCUT2D eigenvalue weighted by molar-refractivity contribution is -0.118. The van der Waals surface area contributed by atoms with E-state index in [0.717, 1.165) is 27.4 Å². The number of anilines is 1. The fraction of sp³-hybridized carbons (Fsp3) is 0.357. The molecule has 0 aliphatic carbocycles. The topological polar surface area (TPSA) is 64.1 Å². The zero-order valence-electron chi connectivity index (χ0n) is 12.0. The normalized spacial score (nSPS) is 10.5. The number of halogens is 1. The summed E-state index contributed by atoms with van der Waals surface area (Å²) in [6, 6.07) is 7.35. The van der Waals surface area contributed by atoms with Crippen LogP contribution in [0.4, 0.5) is 5.13 Å². The van der Waals surface area contributed by atoms with Crippen molar-refractivity contribution < 1.29 is 9.53 Å². The van der Waals surface area contributed by atoms with Crippen molar-refractivity contribution in [1.29, 1.82) is 0 Å². The second-order valence-electron chi connectivity index (χ2n) is 4.37. The minimum Gasteiger partial charge on any atom is -0.484 e. The van der Waals surface area contributed by atoms with Crippen molar-refractivity contribution in [3.63, 3.8) is 0 Å². The molecule has 0 unspecified atom stereocenters. The fourth-order valence-corrected chi connectivity index (χ4v) is 3.78. The van der Waals surface area contributed by atoms with Gasteiger partial charge in [-0.2, -0.15) is 0 Å². The van der Waals surface area contributed by atoms with Gasteiger partial charge in [0.25, 0.3) is 5.91 Å². The van der Waals surface area contributed by atoms with E-state index < -0.39 is 0 Å². The lowest BCUT2D eigenvalue weighted by atomic mass is 10.3. The minimum atomic E-state index is -0.249. The monoisotopic (exact) mass is 401 g/mol. The molecule has 0 radical (unpaired) electrons. The van der Waals surface area contributed by atoms with Gasteiger partial charge >= 0.3 is 0 Å². The molecule has 118 valence electrons. The van der Waals surface area contributed by atoms with Crippen LogP contribution in [0.5, 0.6) is 5.75 Å². The van der Waals surface area contributed by atoms with Gasteiger partial charge in [0, 0.05) is 10.2 Å². The number of aromatic nitrogens is 2. The van der Waals surface area contributed by atoms with E-state index in [-0.39, 0.29) is 12.5 Å². The Morgan fingerprint density at radius 2 is 2.32 bits per heavy atom. The average molecular weight is 402 g/mol. The minimum absolute atomic E-state index is 0.0612. The van der Waals surface area contributed by atoms with Crippen molar-refractivity contribution in [1.82, 2.24) is 10.2 Å². The largest absolute Gasteiger partial charge is 0.484 e. The summed E-state index contributed by atoms with van der Waals surface area (Å²) in [4.78, 5) is 11.8. The first-order chi connectivity index (χ1) is 10.7. The number of nitrogens with zero attached hydrogens (tertiary/aromatic N) is 2. The number of ether oxygens (including phenoxy) is 1. The van der Waals surface area contributed by atoms with Crippen LogP contribution in [-0.2, 0) is 4.79 Å². The molecule has 2 aromatic rings. The van der Waals surface area contributed by atoms with Gasteiger partial charge in [-0.3, -0.25) is 10.1 Å². The Hall–Kier alpha value is -1.12. The SMILES string of the molecule is CCCCSc1nnc(NC(=O)COc2cccc(Br)c2)s1. The average Bonchev–Trinajstić information content (AvgIpc) is 2.93. The molecule has 1 N–H and O–H groups in total. The molecule has 0 bridgehead atoms. The number of carbonyl (C=O) groups excluding carboxylic acids is 1. The number of thioether (sulfide) groups is 1. The fourth-order valence-electron chi connectivity index (χ4n) is 1.48. The van der Waals surface area contributed by atoms with E-state index >= 15 is 0 Å². The van der Waals surface area contributed by atoms with Crippen molar-refractivity contribution >= 4 is 50.1 Å². The van der Waals surface area contributed by atoms with Crippen molar-refractivity contribution in [3.05, 3.63) is 28.7 Å². The van der Waals surface area contributed by atoms with Crippen LogP contribution in [0.3, 0.4) is 0 Å². The third-order valence-corrected chi connectivity index (χ3v) is 5.09. The molecule has 1 amide bonds. The van der Waals surface area contributed by atoms with Gasteiger partial charge in [0.2, 0.25) is 5.13 Å². The van der Waals surface area contributed by atoms with Crippen LogP contribution in [-0.4, -0.2) is 28.5 Å². The van der Waals surface area contributed by atoms with Gasteiger partial charge in [-0.1, -0.05) is 58.4 Å². The number of amides is 1. The Morgan fingerprint density at radius 1 is 1.45 bits per heavy atom. The summed E-state index contributed by atoms with van der Waals surface area (Å²) in [5, 5.41) is 11.2. The molecule has 0 spiro atoms. The highest BCUT2D eigenvalue weighted by molar-refractivity contribution is 9.10. The smallest absolute Gasteiger partial charge is 0.264 e. The van der Waals surface area contributed by atoms with E-state index in [2.05, 4.69) is 38.4 Å². The summed E-state index contributed by atoms with van der Waals surface area (Å²) in [6.07, 6.45) is 2.30. The maximum atomic E-state index is 11.8. The first kappa shape index (κ1) is 17.2. The molecule has 5 nitrogen and oxygen atoms in total. The summed E-state index contributed by atoms with van der Waals surface area (Å²) in [5.74, 6) is 1.41. The highest BCUT2D eigenvalue weighted by Crippen LogP contribution is 2.26. The molecule has 0 atom stereocenters. The molecule has 1 aromatic heterocycles. The Morgan fingerprint density at radius 3 is 3.09 bits per heavy atom. The molecule has 0 saturated carbocycles. The van der Waals surface area contributed by atoms with E-state index in [0.29, 0.717) is 10.9 Å². The quantitative estimate of drug-likeness (QED) is 0.407. The molecule has 8 heteroatoms. The molecule has 0 saturated heterocycles. The van der Waals surface area contributed by atoms with Gasteiger partial charge < -0.3 is 4.74 Å². The zero-order chi connectivity index (χ0) is 15.8. The first-order valence-corrected chi connectivity index (χ1v) is 9.41. The van der Waals surface area contributed by atoms with E-state index in [9.17, 15) is 4.79 Å². The predicted octanol–water partition coefficient (Wildman–Crippen LogP) is 4.21. The van der Waals surface area contributed by atoms with Crippen LogP contribution in [0.25, 0.3) is 0 Å². The number of rotatable bonds is 8. The van der Waals surface area contributed by atoms with Gasteiger partial charge in [-0.15, -0.1) is 10.2 Å². The highest BCUT2D eigenvalue weighted by atomic mass is 79.9. The summed E-state index contributed by atoms with van der Waals surface area (Å²) in [7, 11) is 0. The maximum Gasteiger partial charge on any atom is 0.264 e. The van der Waals surface area contributed by atoms with E-state index in [1.807, 2.05) is 12.1 Å². The lowest BCUT2D eigenvalue weighted by Crippen LogP contribution is -2.20. The standard InChI is InChI=1S/C14H16BrN3O2S2/c1-2-3-7-21-14-18-17-13(22-14)16-12(19)9-20-11-6-4-5-10(15)8-11/h4-6,8H,2-3,7,9H2,1H3,(H,16,17,19). The number of hydrogen-bond acceptors (Lipinski definition) is 6. The van der Waals surface area contributed by atoms with E-state index in [4.69, 9.17) is 4.74 Å². The molecular weight excluding hydrogens is 386 g/mol. The lowest BCUT2D eigenvalue weighted by Gasteiger charge is -2.05. The zero-order valence-corrected chi connectivity index (χ0v) is 15.3. The second-order valence-corrected chi connectivity index (χ2v) is 7.60. The molecule has 0 aliphatic rings. The predicted molar refractivity (Wildman–Crippen MR) is 93.8 cm³/mol. The van der Waals surface area contributed by atoms with Gasteiger partial charge in [-0.25, -0.2) is 0 Å². The summed E-state index contributed by atoms with van der Waals surface area (Å²) in [6.45, 7) is 2.09. The van der Waals surface area contributed by atoms with Crippen molar-refractivity contribution in [2.45, 2.75) is 24.1 Å². The van der Waals surface area contributed by atoms with Gasteiger partial charge in [-0.05, 0) is 24.6 Å². The van der Waals surface area contributed by atoms with Crippen molar-refractivity contribution in [3.8, 4) is 5.75 Å². The Balaban J connectivity index is 1.77. The van der Waals surface area contributed by atoms with Crippen LogP contribution in [0.1, 0.15) is 19.8 Å². The Bertz CT molecular complexity index is 622. The Labute approximate surface area is 146 Å². The molecule has 0 fully saturated rings. The van der Waals surface area contributed by atoms with Crippen LogP contribution < -0.4 is 10.1 Å². The molecular formula is C14H16BrN3O2S2. The molecule has 1 heterocycles. The number of nitrogens with one attached hydrogen (secondary N) is 1. The van der Waals surface area contributed by atoms with E-state index in [1.54, 1.807) is 23.9 Å². The van der Waals surface area contributed by atoms with E-state index in [1.165, 1.54) is 11.3 Å². The van der Waals surface area contributed by atoms with Crippen LogP contribution >= 0.6 is 39.0 Å². The van der Waals surface area contributed by atoms with Crippen molar-refractivity contribution in [2.75, 3.05) is 17.7 Å².